The molecule has 0 heterocycles. The van der Waals surface area contributed by atoms with E-state index in [0.29, 0.717) is 11.1 Å². The highest BCUT2D eigenvalue weighted by Crippen LogP contribution is 2.44. The van der Waals surface area contributed by atoms with Crippen LogP contribution in [0, 0.1) is 0 Å². The van der Waals surface area contributed by atoms with E-state index < -0.39 is 25.8 Å². The van der Waals surface area contributed by atoms with Crippen LogP contribution in [0.25, 0.3) is 22.3 Å². The molecule has 0 bridgehead atoms. The minimum atomic E-state index is -4.96. The van der Waals surface area contributed by atoms with Crippen molar-refractivity contribution in [1.82, 2.24) is 0 Å². The molecule has 0 fully saturated rings. The molecule has 0 aliphatic carbocycles. The zero-order chi connectivity index (χ0) is 18.9. The highest BCUT2D eigenvalue weighted by Gasteiger charge is 2.34. The largest absolute Gasteiger partial charge is 0.357 e. The van der Waals surface area contributed by atoms with Gasteiger partial charge in [-0.25, -0.2) is 0 Å². The molecule has 0 atom stereocenters. The molecule has 3 aromatic rings. The van der Waals surface area contributed by atoms with E-state index in [1.54, 1.807) is 24.3 Å². The monoisotopic (exact) mass is 390 g/mol. The fourth-order valence-electron chi connectivity index (χ4n) is 2.88. The molecular formula is C18H16O6P2. The quantitative estimate of drug-likeness (QED) is 0.509. The van der Waals surface area contributed by atoms with Crippen LogP contribution in [-0.2, 0) is 9.13 Å². The Kier molecular flexibility index (Phi) is 5.00. The topological polar surface area (TPSA) is 115 Å². The maximum absolute atomic E-state index is 12.1. The van der Waals surface area contributed by atoms with Gasteiger partial charge in [-0.3, -0.25) is 9.13 Å². The van der Waals surface area contributed by atoms with Crippen molar-refractivity contribution in [2.45, 2.75) is 0 Å². The first-order valence-electron chi connectivity index (χ1n) is 7.59. The van der Waals surface area contributed by atoms with Gasteiger partial charge in [0.25, 0.3) is 0 Å². The van der Waals surface area contributed by atoms with Crippen LogP contribution in [0.5, 0.6) is 0 Å². The normalized spacial score (nSPS) is 12.2. The minimum Gasteiger partial charge on any atom is -0.321 e. The van der Waals surface area contributed by atoms with Crippen molar-refractivity contribution in [1.29, 1.82) is 0 Å². The maximum Gasteiger partial charge on any atom is 0.357 e. The molecule has 0 aliphatic heterocycles. The van der Waals surface area contributed by atoms with Crippen molar-refractivity contribution in [3.63, 3.8) is 0 Å². The molecule has 0 unspecified atom stereocenters. The molecule has 0 spiro atoms. The predicted molar refractivity (Wildman–Crippen MR) is 101 cm³/mol. The van der Waals surface area contributed by atoms with Crippen LogP contribution in [0.4, 0.5) is 0 Å². The summed E-state index contributed by atoms with van der Waals surface area (Å²) in [6, 6.07) is 20.0. The molecule has 6 nitrogen and oxygen atoms in total. The summed E-state index contributed by atoms with van der Waals surface area (Å²) in [7, 11) is -9.84. The van der Waals surface area contributed by atoms with Gasteiger partial charge in [-0.1, -0.05) is 66.7 Å². The molecule has 134 valence electrons. The molecule has 3 aromatic carbocycles. The van der Waals surface area contributed by atoms with Crippen molar-refractivity contribution in [2.75, 3.05) is 0 Å². The minimum absolute atomic E-state index is 0.0959. The molecule has 8 heteroatoms. The summed E-state index contributed by atoms with van der Waals surface area (Å²) in [5.41, 5.74) is 2.10. The maximum atomic E-state index is 12.1. The number of hydrogen-bond donors (Lipinski definition) is 4. The smallest absolute Gasteiger partial charge is 0.321 e. The standard InChI is InChI=1S/C18H16O6P2/c19-25(20,21)17-12-6-11-16(18(17)26(22,23)24)15-10-5-4-9-14(15)13-7-2-1-3-8-13/h1-12H,(H2,19,20,21)(H2,22,23,24). The average Bonchev–Trinajstić information content (AvgIpc) is 2.60. The third-order valence-electron chi connectivity index (χ3n) is 3.92. The van der Waals surface area contributed by atoms with E-state index in [1.165, 1.54) is 12.1 Å². The first-order chi connectivity index (χ1) is 12.2. The van der Waals surface area contributed by atoms with Gasteiger partial charge in [-0.2, -0.15) is 0 Å². The fourth-order valence-corrected chi connectivity index (χ4v) is 5.22. The Morgan fingerprint density at radius 1 is 0.538 bits per heavy atom. The van der Waals surface area contributed by atoms with Crippen molar-refractivity contribution >= 4 is 25.8 Å². The van der Waals surface area contributed by atoms with E-state index in [1.807, 2.05) is 30.3 Å². The van der Waals surface area contributed by atoms with E-state index >= 15 is 0 Å². The summed E-state index contributed by atoms with van der Waals surface area (Å²) in [5.74, 6) is 0. The summed E-state index contributed by atoms with van der Waals surface area (Å²) in [4.78, 5) is 38.7. The molecule has 0 aliphatic rings. The van der Waals surface area contributed by atoms with Gasteiger partial charge in [-0.05, 0) is 28.3 Å². The van der Waals surface area contributed by atoms with Gasteiger partial charge < -0.3 is 19.6 Å². The van der Waals surface area contributed by atoms with Crippen molar-refractivity contribution in [3.05, 3.63) is 72.8 Å². The van der Waals surface area contributed by atoms with Gasteiger partial charge in [-0.15, -0.1) is 0 Å². The van der Waals surface area contributed by atoms with E-state index in [2.05, 4.69) is 0 Å². The SMILES string of the molecule is O=P(O)(O)c1cccc(-c2ccccc2-c2ccccc2)c1P(=O)(O)O. The Bertz CT molecular complexity index is 1040. The number of rotatable bonds is 4. The Hall–Kier alpha value is -2.04. The average molecular weight is 390 g/mol. The van der Waals surface area contributed by atoms with Crippen molar-refractivity contribution in [3.8, 4) is 22.3 Å². The van der Waals surface area contributed by atoms with Gasteiger partial charge in [0.05, 0.1) is 10.6 Å². The Labute approximate surface area is 150 Å². The molecule has 3 rings (SSSR count). The fraction of sp³-hybridized carbons (Fsp3) is 0. The second-order valence-electron chi connectivity index (χ2n) is 5.67. The molecule has 0 amide bonds. The summed E-state index contributed by atoms with van der Waals surface area (Å²) >= 11 is 0. The first kappa shape index (κ1) is 18.7. The summed E-state index contributed by atoms with van der Waals surface area (Å²) in [5, 5.41) is -1.30. The van der Waals surface area contributed by atoms with Crippen LogP contribution < -0.4 is 10.6 Å². The van der Waals surface area contributed by atoms with E-state index in [9.17, 15) is 28.7 Å². The number of hydrogen-bond acceptors (Lipinski definition) is 2. The zero-order valence-corrected chi connectivity index (χ0v) is 15.2. The predicted octanol–water partition coefficient (Wildman–Crippen LogP) is 2.63. The number of benzene rings is 3. The summed E-state index contributed by atoms with van der Waals surface area (Å²) in [6.07, 6.45) is 0. The first-order valence-corrected chi connectivity index (χ1v) is 10.8. The van der Waals surface area contributed by atoms with Gasteiger partial charge in [0, 0.05) is 0 Å². The Morgan fingerprint density at radius 2 is 1.08 bits per heavy atom. The molecule has 0 saturated carbocycles. The third kappa shape index (κ3) is 3.71. The van der Waals surface area contributed by atoms with Crippen LogP contribution in [0.15, 0.2) is 72.8 Å². The third-order valence-corrected chi connectivity index (χ3v) is 6.16. The molecule has 26 heavy (non-hydrogen) atoms. The highest BCUT2D eigenvalue weighted by molar-refractivity contribution is 7.67. The Morgan fingerprint density at radius 3 is 1.65 bits per heavy atom. The second kappa shape index (κ2) is 6.93. The lowest BCUT2D eigenvalue weighted by atomic mass is 9.94. The van der Waals surface area contributed by atoms with Crippen LogP contribution >= 0.6 is 15.2 Å². The van der Waals surface area contributed by atoms with Crippen LogP contribution in [0.2, 0.25) is 0 Å². The lowest BCUT2D eigenvalue weighted by molar-refractivity contribution is 0.381. The lowest BCUT2D eigenvalue weighted by Crippen LogP contribution is -2.27. The molecule has 0 saturated heterocycles. The molecular weight excluding hydrogens is 374 g/mol. The summed E-state index contributed by atoms with van der Waals surface area (Å²) < 4.78 is 23.9. The summed E-state index contributed by atoms with van der Waals surface area (Å²) in [6.45, 7) is 0. The molecule has 4 N–H and O–H groups in total. The van der Waals surface area contributed by atoms with Crippen LogP contribution in [0.1, 0.15) is 0 Å². The second-order valence-corrected chi connectivity index (χ2v) is 8.78. The van der Waals surface area contributed by atoms with Gasteiger partial charge in [0.1, 0.15) is 0 Å². The molecule has 0 aromatic heterocycles. The van der Waals surface area contributed by atoms with Gasteiger partial charge in [0.15, 0.2) is 0 Å². The van der Waals surface area contributed by atoms with Gasteiger partial charge in [0.2, 0.25) is 0 Å². The van der Waals surface area contributed by atoms with Crippen molar-refractivity contribution in [2.24, 2.45) is 0 Å². The lowest BCUT2D eigenvalue weighted by Gasteiger charge is -2.18. The van der Waals surface area contributed by atoms with Gasteiger partial charge >= 0.3 is 15.2 Å². The highest BCUT2D eigenvalue weighted by atomic mass is 31.2. The Balaban J connectivity index is 2.37. The van der Waals surface area contributed by atoms with Crippen LogP contribution in [0.3, 0.4) is 0 Å². The van der Waals surface area contributed by atoms with Crippen LogP contribution in [-0.4, -0.2) is 19.6 Å². The van der Waals surface area contributed by atoms with Crippen molar-refractivity contribution < 1.29 is 28.7 Å². The van der Waals surface area contributed by atoms with E-state index in [0.717, 1.165) is 11.6 Å². The zero-order valence-electron chi connectivity index (χ0n) is 13.4. The van der Waals surface area contributed by atoms with E-state index in [-0.39, 0.29) is 5.56 Å². The molecule has 0 radical (unpaired) electrons. The van der Waals surface area contributed by atoms with E-state index in [4.69, 9.17) is 0 Å².